The van der Waals surface area contributed by atoms with Crippen molar-refractivity contribution in [3.63, 3.8) is 0 Å². The van der Waals surface area contributed by atoms with Crippen molar-refractivity contribution in [3.05, 3.63) is 143 Å². The van der Waals surface area contributed by atoms with Crippen molar-refractivity contribution in [1.82, 2.24) is 4.98 Å². The summed E-state index contributed by atoms with van der Waals surface area (Å²) in [5.41, 5.74) is 7.32. The van der Waals surface area contributed by atoms with E-state index >= 15 is 0 Å². The summed E-state index contributed by atoms with van der Waals surface area (Å²) in [5, 5.41) is 22.4. The van der Waals surface area contributed by atoms with Gasteiger partial charge < -0.3 is 34.0 Å². The third-order valence-corrected chi connectivity index (χ3v) is 7.58. The molecule has 0 radical (unpaired) electrons. The summed E-state index contributed by atoms with van der Waals surface area (Å²) in [6.07, 6.45) is 0. The van der Waals surface area contributed by atoms with Crippen LogP contribution in [0.3, 0.4) is 0 Å². The van der Waals surface area contributed by atoms with Gasteiger partial charge in [0, 0.05) is 22.2 Å². The predicted molar refractivity (Wildman–Crippen MR) is 163 cm³/mol. The number of thiazole rings is 1. The molecule has 0 saturated heterocycles. The molecule has 0 fully saturated rings. The highest BCUT2D eigenvalue weighted by molar-refractivity contribution is 7.15. The van der Waals surface area contributed by atoms with Gasteiger partial charge >= 0.3 is 0 Å². The van der Waals surface area contributed by atoms with Gasteiger partial charge in [-0.05, 0) is 50.2 Å². The number of halogens is 2. The first-order valence-corrected chi connectivity index (χ1v) is 14.0. The number of aryl methyl sites for hydroxylation is 2. The monoisotopic (exact) mass is 717 g/mol. The molecular weight excluding hydrogens is 690 g/mol. The molecule has 9 nitrogen and oxygen atoms in total. The zero-order chi connectivity index (χ0) is 28.0. The molecule has 43 heavy (non-hydrogen) atoms. The zero-order valence-electron chi connectivity index (χ0n) is 23.4. The number of hydrazone groups is 1. The van der Waals surface area contributed by atoms with Gasteiger partial charge in [0.15, 0.2) is 5.69 Å². The number of quaternary nitrogens is 2. The van der Waals surface area contributed by atoms with Gasteiger partial charge in [0.25, 0.3) is 11.7 Å². The average molecular weight is 720 g/mol. The van der Waals surface area contributed by atoms with Crippen LogP contribution in [-0.4, -0.2) is 16.7 Å². The SMILES string of the molecule is Cc1nc(N2N=C(c3ccccc3)[NH2+]N2c2ccccc2)sc1C.[Br-].[Br-].c1ccc(C2=NN=N[NH+]2c2ccccc2)cc1. The van der Waals surface area contributed by atoms with E-state index in [9.17, 15) is 0 Å². The lowest BCUT2D eigenvalue weighted by Gasteiger charge is -2.21. The summed E-state index contributed by atoms with van der Waals surface area (Å²) in [6, 6.07) is 40.4. The van der Waals surface area contributed by atoms with Gasteiger partial charge in [0.2, 0.25) is 5.13 Å². The van der Waals surface area contributed by atoms with Crippen molar-refractivity contribution in [2.75, 3.05) is 10.2 Å². The summed E-state index contributed by atoms with van der Waals surface area (Å²) in [7, 11) is 0. The standard InChI is InChI=1S/C18H17N5S.C13H10N4.2BrH/c1-13-14(2)24-18(19-13)23-21-17(15-9-5-3-6-10-15)20-22(23)16-11-7-4-8-12-16;1-3-7-11(8-4-1)13-14-15-16-17(13)12-9-5-2-6-10-12;;/h3-12H,1-2H3,(H,20,21);1-10H;2*1H. The Balaban J connectivity index is 0.000000198. The molecule has 1 unspecified atom stereocenters. The lowest BCUT2D eigenvalue weighted by molar-refractivity contribution is -0.739. The van der Waals surface area contributed by atoms with Gasteiger partial charge in [0.05, 0.1) is 22.0 Å². The van der Waals surface area contributed by atoms with E-state index in [1.165, 1.54) is 4.88 Å². The quantitative estimate of drug-likeness (QED) is 0.224. The molecule has 12 heteroatoms. The first-order valence-electron chi connectivity index (χ1n) is 13.2. The first-order chi connectivity index (χ1) is 20.2. The Kier molecular flexibility index (Phi) is 11.0. The maximum absolute atomic E-state index is 4.81. The Morgan fingerprint density at radius 1 is 0.698 bits per heavy atom. The number of hydrazine groups is 1. The molecule has 5 aromatic rings. The number of hydrogen-bond acceptors (Lipinski definition) is 8. The summed E-state index contributed by atoms with van der Waals surface area (Å²) >= 11 is 1.65. The normalized spacial score (nSPS) is 15.1. The van der Waals surface area contributed by atoms with Crippen molar-refractivity contribution >= 4 is 39.5 Å². The van der Waals surface area contributed by atoms with Gasteiger partial charge in [0.1, 0.15) is 5.69 Å². The number of para-hydroxylation sites is 2. The van der Waals surface area contributed by atoms with Crippen molar-refractivity contribution in [2.45, 2.75) is 13.8 Å². The number of anilines is 2. The van der Waals surface area contributed by atoms with Crippen LogP contribution in [0.5, 0.6) is 0 Å². The van der Waals surface area contributed by atoms with Crippen LogP contribution in [0.2, 0.25) is 0 Å². The molecule has 0 saturated carbocycles. The maximum atomic E-state index is 4.81. The molecule has 4 aromatic carbocycles. The van der Waals surface area contributed by atoms with Gasteiger partial charge in [-0.2, -0.15) is 5.43 Å². The molecule has 7 rings (SSSR count). The molecule has 0 amide bonds. The highest BCUT2D eigenvalue weighted by Gasteiger charge is 2.33. The van der Waals surface area contributed by atoms with E-state index in [2.05, 4.69) is 57.1 Å². The number of benzene rings is 4. The maximum Gasteiger partial charge on any atom is 0.287 e. The van der Waals surface area contributed by atoms with Crippen LogP contribution >= 0.6 is 11.3 Å². The number of nitrogens with zero attached hydrogens (tertiary/aromatic N) is 7. The Morgan fingerprint density at radius 3 is 1.84 bits per heavy atom. The fraction of sp³-hybridized carbons (Fsp3) is 0.0645. The highest BCUT2D eigenvalue weighted by Crippen LogP contribution is 2.29. The third-order valence-electron chi connectivity index (χ3n) is 6.54. The fourth-order valence-electron chi connectivity index (χ4n) is 4.32. The van der Waals surface area contributed by atoms with E-state index in [4.69, 9.17) is 5.10 Å². The zero-order valence-corrected chi connectivity index (χ0v) is 27.4. The topological polar surface area (TPSA) is 89.9 Å². The van der Waals surface area contributed by atoms with Crippen LogP contribution in [-0.2, 0) is 0 Å². The summed E-state index contributed by atoms with van der Waals surface area (Å²) < 4.78 is 0. The molecule has 1 atom stereocenters. The van der Waals surface area contributed by atoms with Gasteiger partial charge in [-0.25, -0.2) is 4.98 Å². The molecule has 2 aliphatic rings. The van der Waals surface area contributed by atoms with E-state index in [1.54, 1.807) is 11.3 Å². The lowest BCUT2D eigenvalue weighted by Crippen LogP contribution is -3.04. The van der Waals surface area contributed by atoms with Crippen LogP contribution in [0.25, 0.3) is 0 Å². The highest BCUT2D eigenvalue weighted by atomic mass is 79.9. The fourth-order valence-corrected chi connectivity index (χ4v) is 5.18. The minimum absolute atomic E-state index is 0. The summed E-state index contributed by atoms with van der Waals surface area (Å²) in [5.74, 6) is 1.75. The molecule has 3 N–H and O–H groups in total. The number of nitrogens with one attached hydrogen (secondary N) is 1. The second-order valence-electron chi connectivity index (χ2n) is 9.31. The smallest absolute Gasteiger partial charge is 0.287 e. The average Bonchev–Trinajstić information content (AvgIpc) is 3.78. The lowest BCUT2D eigenvalue weighted by atomic mass is 10.2. The van der Waals surface area contributed by atoms with Crippen LogP contribution in [0.1, 0.15) is 21.7 Å². The Morgan fingerprint density at radius 2 is 1.26 bits per heavy atom. The number of aromatic nitrogens is 1. The first kappa shape index (κ1) is 31.9. The molecule has 0 spiro atoms. The van der Waals surface area contributed by atoms with Crippen LogP contribution in [0.4, 0.5) is 16.5 Å². The van der Waals surface area contributed by atoms with Crippen LogP contribution in [0, 0.1) is 13.8 Å². The number of hydrogen-bond donors (Lipinski definition) is 2. The van der Waals surface area contributed by atoms with Crippen molar-refractivity contribution in [1.29, 1.82) is 0 Å². The van der Waals surface area contributed by atoms with Gasteiger partial charge in [-0.3, -0.25) is 0 Å². The van der Waals surface area contributed by atoms with Crippen molar-refractivity contribution < 1.29 is 44.4 Å². The second-order valence-corrected chi connectivity index (χ2v) is 10.5. The summed E-state index contributed by atoms with van der Waals surface area (Å²) in [4.78, 5) is 5.88. The Hall–Kier alpha value is -4.07. The van der Waals surface area contributed by atoms with E-state index in [0.29, 0.717) is 0 Å². The van der Waals surface area contributed by atoms with E-state index in [0.717, 1.165) is 50.0 Å². The second kappa shape index (κ2) is 14.9. The minimum Gasteiger partial charge on any atom is -1.00 e. The van der Waals surface area contributed by atoms with Gasteiger partial charge in [-0.1, -0.05) is 99.5 Å². The minimum atomic E-state index is 0. The molecule has 0 bridgehead atoms. The van der Waals surface area contributed by atoms with Crippen LogP contribution in [0.15, 0.2) is 142 Å². The van der Waals surface area contributed by atoms with E-state index in [1.807, 2.05) is 114 Å². The van der Waals surface area contributed by atoms with Crippen molar-refractivity contribution in [3.8, 4) is 0 Å². The van der Waals surface area contributed by atoms with Crippen molar-refractivity contribution in [2.24, 2.45) is 20.6 Å². The van der Waals surface area contributed by atoms with E-state index < -0.39 is 0 Å². The largest absolute Gasteiger partial charge is 1.00 e. The van der Waals surface area contributed by atoms with Gasteiger partial charge in [-0.15, -0.1) is 10.1 Å². The number of amidine groups is 2. The summed E-state index contributed by atoms with van der Waals surface area (Å²) in [6.45, 7) is 4.12. The molecule has 0 aliphatic carbocycles. The Bertz CT molecular complexity index is 1680. The molecule has 218 valence electrons. The molecule has 2 aliphatic heterocycles. The molecule has 1 aromatic heterocycles. The third kappa shape index (κ3) is 7.29. The molecular formula is C31H29Br2N9S. The number of rotatable bonds is 5. The van der Waals surface area contributed by atoms with E-state index in [-0.39, 0.29) is 34.0 Å². The number of nitrogens with two attached hydrogens (primary N) is 1. The predicted octanol–water partition coefficient (Wildman–Crippen LogP) is -1.20. The van der Waals surface area contributed by atoms with Crippen LogP contribution < -0.4 is 54.6 Å². The Labute approximate surface area is 275 Å². The molecule has 3 heterocycles.